The van der Waals surface area contributed by atoms with E-state index in [1.165, 1.54) is 11.1 Å². The molecule has 4 rings (SSSR count). The number of nitrogens with zero attached hydrogens (tertiary/aromatic N) is 2. The van der Waals surface area contributed by atoms with Crippen LogP contribution in [0.5, 0.6) is 11.5 Å². The van der Waals surface area contributed by atoms with Crippen molar-refractivity contribution in [3.8, 4) is 23.0 Å². The number of ether oxygens (including phenoxy) is 2. The van der Waals surface area contributed by atoms with Crippen LogP contribution in [0, 0.1) is 6.92 Å². The van der Waals surface area contributed by atoms with Gasteiger partial charge in [0.25, 0.3) is 0 Å². The van der Waals surface area contributed by atoms with Gasteiger partial charge in [-0.15, -0.1) is 0 Å². The standard InChI is InChI=1S/C23H26N2O3/c1-16-6-8-17(9-7-16)23-24-18(15-28-23)14-25-12-4-5-21(25)20-11-10-19(26-2)13-22(20)27-3/h6-11,13,15,21H,4-5,12,14H2,1-3H3/t21-/m1/s1. The van der Waals surface area contributed by atoms with Gasteiger partial charge in [0, 0.05) is 29.8 Å². The third-order valence-electron chi connectivity index (χ3n) is 5.38. The summed E-state index contributed by atoms with van der Waals surface area (Å²) in [6.07, 6.45) is 4.03. The molecule has 0 amide bonds. The largest absolute Gasteiger partial charge is 0.497 e. The lowest BCUT2D eigenvalue weighted by atomic mass is 10.0. The molecule has 5 heteroatoms. The van der Waals surface area contributed by atoms with Gasteiger partial charge in [-0.25, -0.2) is 4.98 Å². The number of aryl methyl sites for hydroxylation is 1. The maximum absolute atomic E-state index is 5.74. The Hall–Kier alpha value is -2.79. The van der Waals surface area contributed by atoms with Gasteiger partial charge in [-0.1, -0.05) is 23.8 Å². The Labute approximate surface area is 165 Å². The molecule has 0 unspecified atom stereocenters. The van der Waals surface area contributed by atoms with E-state index in [2.05, 4.69) is 30.0 Å². The van der Waals surface area contributed by atoms with E-state index in [0.717, 1.165) is 48.7 Å². The van der Waals surface area contributed by atoms with Gasteiger partial charge in [0.15, 0.2) is 0 Å². The molecular formula is C23H26N2O3. The number of hydrogen-bond acceptors (Lipinski definition) is 5. The summed E-state index contributed by atoms with van der Waals surface area (Å²) in [5, 5.41) is 0. The summed E-state index contributed by atoms with van der Waals surface area (Å²) in [7, 11) is 3.38. The quantitative estimate of drug-likeness (QED) is 0.604. The molecule has 2 aromatic carbocycles. The van der Waals surface area contributed by atoms with Crippen molar-refractivity contribution in [3.05, 3.63) is 65.5 Å². The van der Waals surface area contributed by atoms with Crippen molar-refractivity contribution in [2.45, 2.75) is 32.4 Å². The number of likely N-dealkylation sites (tertiary alicyclic amines) is 1. The zero-order valence-corrected chi connectivity index (χ0v) is 16.6. The molecule has 0 spiro atoms. The van der Waals surface area contributed by atoms with Gasteiger partial charge in [0.2, 0.25) is 5.89 Å². The molecule has 5 nitrogen and oxygen atoms in total. The Morgan fingerprint density at radius 1 is 1.11 bits per heavy atom. The third-order valence-corrected chi connectivity index (χ3v) is 5.38. The minimum atomic E-state index is 0.306. The van der Waals surface area contributed by atoms with Gasteiger partial charge < -0.3 is 13.9 Å². The predicted octanol–water partition coefficient (Wildman–Crippen LogP) is 5.00. The van der Waals surface area contributed by atoms with E-state index in [9.17, 15) is 0 Å². The summed E-state index contributed by atoms with van der Waals surface area (Å²) in [5.74, 6) is 2.36. The SMILES string of the molecule is COc1ccc([C@H]2CCCN2Cc2coc(-c3ccc(C)cc3)n2)c(OC)c1. The molecule has 0 saturated carbocycles. The molecule has 1 saturated heterocycles. The van der Waals surface area contributed by atoms with Crippen molar-refractivity contribution < 1.29 is 13.9 Å². The van der Waals surface area contributed by atoms with E-state index in [1.807, 2.05) is 24.3 Å². The summed E-state index contributed by atoms with van der Waals surface area (Å²) in [5.41, 5.74) is 4.38. The average molecular weight is 378 g/mol. The lowest BCUT2D eigenvalue weighted by Gasteiger charge is -2.25. The van der Waals surface area contributed by atoms with Crippen molar-refractivity contribution in [2.24, 2.45) is 0 Å². The van der Waals surface area contributed by atoms with Crippen LogP contribution in [0.2, 0.25) is 0 Å². The maximum atomic E-state index is 5.74. The molecule has 0 aliphatic carbocycles. The molecule has 0 N–H and O–H groups in total. The first-order valence-corrected chi connectivity index (χ1v) is 9.65. The van der Waals surface area contributed by atoms with Crippen LogP contribution in [0.3, 0.4) is 0 Å². The highest BCUT2D eigenvalue weighted by Gasteiger charge is 2.29. The van der Waals surface area contributed by atoms with Gasteiger partial charge >= 0.3 is 0 Å². The second kappa shape index (κ2) is 8.07. The van der Waals surface area contributed by atoms with Crippen molar-refractivity contribution in [2.75, 3.05) is 20.8 Å². The van der Waals surface area contributed by atoms with Crippen molar-refractivity contribution >= 4 is 0 Å². The lowest BCUT2D eigenvalue weighted by molar-refractivity contribution is 0.240. The molecule has 0 bridgehead atoms. The fourth-order valence-electron chi connectivity index (χ4n) is 3.88. The van der Waals surface area contributed by atoms with Crippen LogP contribution in [-0.2, 0) is 6.54 Å². The summed E-state index contributed by atoms with van der Waals surface area (Å²) in [4.78, 5) is 7.16. The van der Waals surface area contributed by atoms with Crippen LogP contribution >= 0.6 is 0 Å². The number of methoxy groups -OCH3 is 2. The van der Waals surface area contributed by atoms with Crippen LogP contribution in [0.25, 0.3) is 11.5 Å². The molecule has 1 aliphatic heterocycles. The molecule has 1 atom stereocenters. The van der Waals surface area contributed by atoms with E-state index in [4.69, 9.17) is 18.9 Å². The first-order chi connectivity index (χ1) is 13.7. The van der Waals surface area contributed by atoms with E-state index in [-0.39, 0.29) is 0 Å². The zero-order chi connectivity index (χ0) is 19.5. The average Bonchev–Trinajstić information content (AvgIpc) is 3.38. The predicted molar refractivity (Wildman–Crippen MR) is 109 cm³/mol. The fraction of sp³-hybridized carbons (Fsp3) is 0.348. The number of rotatable bonds is 6. The van der Waals surface area contributed by atoms with E-state index >= 15 is 0 Å². The first-order valence-electron chi connectivity index (χ1n) is 9.65. The first kappa shape index (κ1) is 18.6. The van der Waals surface area contributed by atoms with E-state index < -0.39 is 0 Å². The van der Waals surface area contributed by atoms with E-state index in [0.29, 0.717) is 11.9 Å². The molecule has 2 heterocycles. The second-order valence-corrected chi connectivity index (χ2v) is 7.25. The Morgan fingerprint density at radius 3 is 2.68 bits per heavy atom. The summed E-state index contributed by atoms with van der Waals surface area (Å²) >= 11 is 0. The minimum Gasteiger partial charge on any atom is -0.497 e. The monoisotopic (exact) mass is 378 g/mol. The highest BCUT2D eigenvalue weighted by atomic mass is 16.5. The Bertz CT molecular complexity index is 933. The topological polar surface area (TPSA) is 47.7 Å². The van der Waals surface area contributed by atoms with Crippen LogP contribution in [0.4, 0.5) is 0 Å². The molecule has 3 aromatic rings. The highest BCUT2D eigenvalue weighted by molar-refractivity contribution is 5.53. The van der Waals surface area contributed by atoms with Crippen LogP contribution in [0.15, 0.2) is 53.1 Å². The summed E-state index contributed by atoms with van der Waals surface area (Å²) in [6.45, 7) is 3.87. The number of benzene rings is 2. The molecule has 1 aromatic heterocycles. The minimum absolute atomic E-state index is 0.306. The molecule has 1 aliphatic rings. The molecule has 146 valence electrons. The van der Waals surface area contributed by atoms with E-state index in [1.54, 1.807) is 20.5 Å². The molecule has 1 fully saturated rings. The van der Waals surface area contributed by atoms with Crippen LogP contribution in [-0.4, -0.2) is 30.6 Å². The van der Waals surface area contributed by atoms with Crippen LogP contribution < -0.4 is 9.47 Å². The number of aromatic nitrogens is 1. The summed E-state index contributed by atoms with van der Waals surface area (Å²) in [6, 6.07) is 14.6. The Balaban J connectivity index is 1.53. The molecule has 0 radical (unpaired) electrons. The normalized spacial score (nSPS) is 17.0. The van der Waals surface area contributed by atoms with Crippen molar-refractivity contribution in [3.63, 3.8) is 0 Å². The Morgan fingerprint density at radius 2 is 1.93 bits per heavy atom. The highest BCUT2D eigenvalue weighted by Crippen LogP contribution is 2.39. The Kier molecular flexibility index (Phi) is 5.35. The van der Waals surface area contributed by atoms with Crippen molar-refractivity contribution in [1.82, 2.24) is 9.88 Å². The third kappa shape index (κ3) is 3.76. The number of hydrogen-bond donors (Lipinski definition) is 0. The maximum Gasteiger partial charge on any atom is 0.226 e. The van der Waals surface area contributed by atoms with Crippen molar-refractivity contribution in [1.29, 1.82) is 0 Å². The summed E-state index contributed by atoms with van der Waals surface area (Å²) < 4.78 is 16.7. The molecular weight excluding hydrogens is 352 g/mol. The smallest absolute Gasteiger partial charge is 0.226 e. The molecule has 28 heavy (non-hydrogen) atoms. The van der Waals surface area contributed by atoms with Crippen LogP contribution in [0.1, 0.15) is 35.7 Å². The van der Waals surface area contributed by atoms with Gasteiger partial charge in [0.1, 0.15) is 17.8 Å². The fourth-order valence-corrected chi connectivity index (χ4v) is 3.88. The van der Waals surface area contributed by atoms with Gasteiger partial charge in [-0.05, 0) is 44.5 Å². The number of oxazole rings is 1. The second-order valence-electron chi connectivity index (χ2n) is 7.25. The van der Waals surface area contributed by atoms with Gasteiger partial charge in [-0.2, -0.15) is 0 Å². The van der Waals surface area contributed by atoms with Gasteiger partial charge in [-0.3, -0.25) is 4.90 Å². The zero-order valence-electron chi connectivity index (χ0n) is 16.6. The lowest BCUT2D eigenvalue weighted by Crippen LogP contribution is -2.23. The van der Waals surface area contributed by atoms with Gasteiger partial charge in [0.05, 0.1) is 19.9 Å².